The molecule has 4 aromatic heterocycles. The summed E-state index contributed by atoms with van der Waals surface area (Å²) in [4.78, 5) is 28.6. The predicted octanol–water partition coefficient (Wildman–Crippen LogP) is 2.44. The molecule has 0 saturated heterocycles. The van der Waals surface area contributed by atoms with E-state index in [1.54, 1.807) is 27.4 Å². The van der Waals surface area contributed by atoms with Crippen LogP contribution < -0.4 is 5.69 Å². The van der Waals surface area contributed by atoms with Crippen molar-refractivity contribution in [3.8, 4) is 11.5 Å². The zero-order valence-electron chi connectivity index (χ0n) is 15.3. The number of nitrogens with zero attached hydrogens (tertiary/aromatic N) is 5. The van der Waals surface area contributed by atoms with Crippen LogP contribution in [-0.2, 0) is 0 Å². The Kier molecular flexibility index (Phi) is 3.63. The highest BCUT2D eigenvalue weighted by atomic mass is 19.1. The van der Waals surface area contributed by atoms with E-state index in [-0.39, 0.29) is 17.5 Å². The van der Waals surface area contributed by atoms with Gasteiger partial charge in [0.25, 0.3) is 0 Å². The summed E-state index contributed by atoms with van der Waals surface area (Å²) >= 11 is 0. The molecule has 0 spiro atoms. The SMILES string of the molecule is CC1(O)CCC(n2c(=O)[nH]c3cnc(-c4cnc5ccc(F)cn45)nc32)CC1. The van der Waals surface area contributed by atoms with E-state index in [0.717, 1.165) is 0 Å². The first kappa shape index (κ1) is 17.1. The standard InChI is InChI=1S/C19H19FN6O2/c1-19(28)6-4-12(5-7-19)26-17-13(23-18(26)27)8-22-16(24-17)14-9-21-15-3-2-11(20)10-25(14)15/h2-3,8-10,12,28H,4-7H2,1H3,(H,23,27). The molecule has 1 aliphatic carbocycles. The van der Waals surface area contributed by atoms with Gasteiger partial charge in [-0.05, 0) is 44.7 Å². The number of pyridine rings is 1. The fraction of sp³-hybridized carbons (Fsp3) is 0.368. The van der Waals surface area contributed by atoms with E-state index in [0.29, 0.717) is 54.0 Å². The van der Waals surface area contributed by atoms with Gasteiger partial charge in [-0.3, -0.25) is 8.97 Å². The molecule has 0 atom stereocenters. The van der Waals surface area contributed by atoms with E-state index in [4.69, 9.17) is 0 Å². The summed E-state index contributed by atoms with van der Waals surface area (Å²) in [7, 11) is 0. The van der Waals surface area contributed by atoms with Gasteiger partial charge in [0.1, 0.15) is 22.7 Å². The molecular weight excluding hydrogens is 363 g/mol. The molecule has 4 heterocycles. The van der Waals surface area contributed by atoms with Gasteiger partial charge in [0, 0.05) is 12.2 Å². The number of rotatable bonds is 2. The summed E-state index contributed by atoms with van der Waals surface area (Å²) in [6, 6.07) is 2.89. The molecule has 4 aromatic rings. The van der Waals surface area contributed by atoms with Crippen LogP contribution in [0.3, 0.4) is 0 Å². The number of imidazole rings is 2. The van der Waals surface area contributed by atoms with Crippen molar-refractivity contribution >= 4 is 16.8 Å². The fourth-order valence-electron chi connectivity index (χ4n) is 3.98. The average Bonchev–Trinajstić information content (AvgIpc) is 3.21. The van der Waals surface area contributed by atoms with Crippen molar-refractivity contribution in [2.45, 2.75) is 44.2 Å². The highest BCUT2D eigenvalue weighted by Crippen LogP contribution is 2.35. The van der Waals surface area contributed by atoms with Crippen LogP contribution in [0.2, 0.25) is 0 Å². The van der Waals surface area contributed by atoms with Gasteiger partial charge in [0.05, 0.1) is 18.0 Å². The number of halogens is 1. The van der Waals surface area contributed by atoms with Crippen molar-refractivity contribution in [2.75, 3.05) is 0 Å². The molecule has 0 unspecified atom stereocenters. The number of aromatic nitrogens is 6. The van der Waals surface area contributed by atoms with Crippen molar-refractivity contribution in [3.63, 3.8) is 0 Å². The lowest BCUT2D eigenvalue weighted by Gasteiger charge is -2.33. The van der Waals surface area contributed by atoms with Crippen molar-refractivity contribution < 1.29 is 9.50 Å². The zero-order chi connectivity index (χ0) is 19.5. The maximum atomic E-state index is 13.7. The lowest BCUT2D eigenvalue weighted by molar-refractivity contribution is 0.00997. The van der Waals surface area contributed by atoms with Gasteiger partial charge in [0.2, 0.25) is 0 Å². The van der Waals surface area contributed by atoms with Gasteiger partial charge in [0.15, 0.2) is 11.5 Å². The van der Waals surface area contributed by atoms with E-state index < -0.39 is 5.60 Å². The van der Waals surface area contributed by atoms with Gasteiger partial charge in [-0.1, -0.05) is 0 Å². The number of aliphatic hydroxyl groups is 1. The van der Waals surface area contributed by atoms with Crippen molar-refractivity contribution in [1.29, 1.82) is 0 Å². The first-order valence-electron chi connectivity index (χ1n) is 9.24. The highest BCUT2D eigenvalue weighted by Gasteiger charge is 2.31. The van der Waals surface area contributed by atoms with Crippen LogP contribution in [0.25, 0.3) is 28.3 Å². The van der Waals surface area contributed by atoms with Gasteiger partial charge >= 0.3 is 5.69 Å². The third-order valence-corrected chi connectivity index (χ3v) is 5.55. The second kappa shape index (κ2) is 5.96. The average molecular weight is 382 g/mol. The Labute approximate surface area is 158 Å². The normalized spacial score (nSPS) is 22.9. The predicted molar refractivity (Wildman–Crippen MR) is 100 cm³/mol. The number of nitrogens with one attached hydrogen (secondary N) is 1. The molecule has 0 bridgehead atoms. The van der Waals surface area contributed by atoms with Crippen LogP contribution >= 0.6 is 0 Å². The Balaban J connectivity index is 1.63. The quantitative estimate of drug-likeness (QED) is 0.555. The number of fused-ring (bicyclic) bond motifs is 2. The lowest BCUT2D eigenvalue weighted by Crippen LogP contribution is -2.34. The minimum absolute atomic E-state index is 0.0381. The van der Waals surface area contributed by atoms with E-state index in [1.807, 2.05) is 6.92 Å². The first-order valence-corrected chi connectivity index (χ1v) is 9.24. The Hall–Kier alpha value is -3.07. The molecule has 9 heteroatoms. The molecule has 2 N–H and O–H groups in total. The number of H-pyrrole nitrogens is 1. The van der Waals surface area contributed by atoms with Crippen molar-refractivity contribution in [2.24, 2.45) is 0 Å². The topological polar surface area (TPSA) is 101 Å². The molecule has 5 rings (SSSR count). The lowest BCUT2D eigenvalue weighted by atomic mass is 9.83. The number of hydrogen-bond acceptors (Lipinski definition) is 5. The third-order valence-electron chi connectivity index (χ3n) is 5.55. The third kappa shape index (κ3) is 2.70. The zero-order valence-corrected chi connectivity index (χ0v) is 15.3. The minimum Gasteiger partial charge on any atom is -0.390 e. The van der Waals surface area contributed by atoms with E-state index in [1.165, 1.54) is 12.3 Å². The summed E-state index contributed by atoms with van der Waals surface area (Å²) in [6.45, 7) is 1.82. The second-order valence-corrected chi connectivity index (χ2v) is 7.68. The molecule has 0 radical (unpaired) electrons. The van der Waals surface area contributed by atoms with Crippen LogP contribution in [0, 0.1) is 5.82 Å². The van der Waals surface area contributed by atoms with Crippen LogP contribution in [0.4, 0.5) is 4.39 Å². The van der Waals surface area contributed by atoms with Gasteiger partial charge in [-0.15, -0.1) is 0 Å². The van der Waals surface area contributed by atoms with Crippen LogP contribution in [0.5, 0.6) is 0 Å². The maximum Gasteiger partial charge on any atom is 0.327 e. The van der Waals surface area contributed by atoms with Crippen molar-refractivity contribution in [3.05, 3.63) is 47.0 Å². The Morgan fingerprint density at radius 2 is 2.04 bits per heavy atom. The molecule has 144 valence electrons. The molecule has 1 saturated carbocycles. The summed E-state index contributed by atoms with van der Waals surface area (Å²) < 4.78 is 16.9. The molecule has 1 aliphatic rings. The fourth-order valence-corrected chi connectivity index (χ4v) is 3.98. The largest absolute Gasteiger partial charge is 0.390 e. The highest BCUT2D eigenvalue weighted by molar-refractivity contribution is 5.72. The Bertz CT molecular complexity index is 1240. The van der Waals surface area contributed by atoms with E-state index in [9.17, 15) is 14.3 Å². The smallest absolute Gasteiger partial charge is 0.327 e. The van der Waals surface area contributed by atoms with Crippen molar-refractivity contribution in [1.82, 2.24) is 28.9 Å². The van der Waals surface area contributed by atoms with Crippen LogP contribution in [0.1, 0.15) is 38.6 Å². The number of aromatic amines is 1. The molecule has 0 aliphatic heterocycles. The maximum absolute atomic E-state index is 13.7. The van der Waals surface area contributed by atoms with Gasteiger partial charge < -0.3 is 10.1 Å². The Morgan fingerprint density at radius 3 is 2.82 bits per heavy atom. The second-order valence-electron chi connectivity index (χ2n) is 7.68. The monoisotopic (exact) mass is 382 g/mol. The molecule has 0 aromatic carbocycles. The molecular formula is C19H19FN6O2. The Morgan fingerprint density at radius 1 is 1.25 bits per heavy atom. The van der Waals surface area contributed by atoms with Gasteiger partial charge in [-0.25, -0.2) is 24.1 Å². The molecule has 0 amide bonds. The van der Waals surface area contributed by atoms with Crippen LogP contribution in [-0.4, -0.2) is 39.6 Å². The molecule has 28 heavy (non-hydrogen) atoms. The van der Waals surface area contributed by atoms with Gasteiger partial charge in [-0.2, -0.15) is 0 Å². The van der Waals surface area contributed by atoms with Crippen LogP contribution in [0.15, 0.2) is 35.5 Å². The number of hydrogen-bond donors (Lipinski definition) is 2. The molecule has 8 nitrogen and oxygen atoms in total. The van der Waals surface area contributed by atoms with E-state index >= 15 is 0 Å². The summed E-state index contributed by atoms with van der Waals surface area (Å²) in [5.74, 6) is -0.0261. The summed E-state index contributed by atoms with van der Waals surface area (Å²) in [5, 5.41) is 10.2. The molecule has 1 fully saturated rings. The minimum atomic E-state index is -0.688. The summed E-state index contributed by atoms with van der Waals surface area (Å²) in [5.41, 5.74) is 1.26. The first-order chi connectivity index (χ1) is 13.4. The van der Waals surface area contributed by atoms with E-state index in [2.05, 4.69) is 19.9 Å². The summed E-state index contributed by atoms with van der Waals surface area (Å²) in [6.07, 6.45) is 7.12.